The average Bonchev–Trinajstić information content (AvgIpc) is 2.47. The minimum atomic E-state index is -0.184. The van der Waals surface area contributed by atoms with Crippen molar-refractivity contribution < 1.29 is 14.3 Å². The summed E-state index contributed by atoms with van der Waals surface area (Å²) in [5.41, 5.74) is 0.872. The molecule has 0 saturated carbocycles. The normalized spacial score (nSPS) is 21.5. The maximum absolute atomic E-state index is 11.9. The summed E-state index contributed by atoms with van der Waals surface area (Å²) >= 11 is 0. The third-order valence-electron chi connectivity index (χ3n) is 3.90. The number of rotatable bonds is 5. The highest BCUT2D eigenvalue weighted by atomic mass is 16.5. The van der Waals surface area contributed by atoms with Crippen LogP contribution in [0.1, 0.15) is 25.3 Å². The van der Waals surface area contributed by atoms with Crippen molar-refractivity contribution in [3.8, 4) is 5.75 Å². The summed E-state index contributed by atoms with van der Waals surface area (Å²) in [7, 11) is 1.61. The van der Waals surface area contributed by atoms with Gasteiger partial charge in [-0.3, -0.25) is 4.79 Å². The first-order valence-corrected chi connectivity index (χ1v) is 7.13. The van der Waals surface area contributed by atoms with Gasteiger partial charge in [-0.2, -0.15) is 0 Å². The van der Waals surface area contributed by atoms with Crippen LogP contribution in [0.2, 0.25) is 0 Å². The van der Waals surface area contributed by atoms with Crippen molar-refractivity contribution in [2.24, 2.45) is 11.8 Å². The van der Waals surface area contributed by atoms with Crippen molar-refractivity contribution in [1.82, 2.24) is 0 Å². The second-order valence-electron chi connectivity index (χ2n) is 5.35. The number of carbonyl (C=O) groups is 1. The van der Waals surface area contributed by atoms with Gasteiger partial charge in [-0.1, -0.05) is 37.3 Å². The van der Waals surface area contributed by atoms with E-state index in [4.69, 9.17) is 9.47 Å². The van der Waals surface area contributed by atoms with E-state index in [1.165, 1.54) is 0 Å². The van der Waals surface area contributed by atoms with Crippen LogP contribution in [0, 0.1) is 11.8 Å². The van der Waals surface area contributed by atoms with Gasteiger partial charge in [-0.05, 0) is 30.7 Å². The molecule has 1 aromatic carbocycles. The van der Waals surface area contributed by atoms with E-state index in [0.29, 0.717) is 18.4 Å². The maximum Gasteiger partial charge on any atom is 0.310 e. The van der Waals surface area contributed by atoms with Gasteiger partial charge < -0.3 is 9.47 Å². The number of allylic oxidation sites excluding steroid dienone is 2. The monoisotopic (exact) mass is 274 g/mol. The minimum absolute atomic E-state index is 0.184. The number of esters is 1. The molecule has 1 aliphatic carbocycles. The molecule has 0 heterocycles. The second-order valence-corrected chi connectivity index (χ2v) is 5.35. The Morgan fingerprint density at radius 1 is 1.25 bits per heavy atom. The first kappa shape index (κ1) is 14.6. The van der Waals surface area contributed by atoms with E-state index in [-0.39, 0.29) is 12.4 Å². The van der Waals surface area contributed by atoms with Gasteiger partial charge in [0.05, 0.1) is 20.1 Å². The Labute approximate surface area is 120 Å². The summed E-state index contributed by atoms with van der Waals surface area (Å²) in [4.78, 5) is 11.9. The summed E-state index contributed by atoms with van der Waals surface area (Å²) < 4.78 is 10.7. The second kappa shape index (κ2) is 7.13. The zero-order chi connectivity index (χ0) is 14.4. The molecule has 1 aromatic rings. The van der Waals surface area contributed by atoms with Gasteiger partial charge in [0.25, 0.3) is 0 Å². The van der Waals surface area contributed by atoms with Crippen molar-refractivity contribution in [2.75, 3.05) is 13.7 Å². The number of hydrogen-bond donors (Lipinski definition) is 0. The van der Waals surface area contributed by atoms with E-state index < -0.39 is 0 Å². The van der Waals surface area contributed by atoms with E-state index in [9.17, 15) is 4.79 Å². The molecule has 108 valence electrons. The van der Waals surface area contributed by atoms with E-state index >= 15 is 0 Å². The lowest BCUT2D eigenvalue weighted by atomic mass is 9.85. The van der Waals surface area contributed by atoms with Crippen molar-refractivity contribution in [1.29, 1.82) is 0 Å². The zero-order valence-electron chi connectivity index (χ0n) is 12.2. The molecule has 0 saturated heterocycles. The van der Waals surface area contributed by atoms with Crippen LogP contribution in [0.3, 0.4) is 0 Å². The van der Waals surface area contributed by atoms with Crippen molar-refractivity contribution in [2.45, 2.75) is 26.2 Å². The predicted molar refractivity (Wildman–Crippen MR) is 78.7 cm³/mol. The van der Waals surface area contributed by atoms with Crippen LogP contribution in [-0.4, -0.2) is 19.7 Å². The Morgan fingerprint density at radius 2 is 2.00 bits per heavy atom. The molecule has 0 fully saturated rings. The first-order chi connectivity index (χ1) is 9.70. The number of hydrogen-bond acceptors (Lipinski definition) is 3. The van der Waals surface area contributed by atoms with E-state index in [1.807, 2.05) is 24.3 Å². The van der Waals surface area contributed by atoms with Gasteiger partial charge in [0, 0.05) is 5.56 Å². The smallest absolute Gasteiger partial charge is 0.310 e. The number of ether oxygens (including phenoxy) is 2. The Balaban J connectivity index is 1.85. The lowest BCUT2D eigenvalue weighted by Gasteiger charge is -2.24. The molecule has 0 bridgehead atoms. The van der Waals surface area contributed by atoms with Crippen LogP contribution >= 0.6 is 0 Å². The Hall–Kier alpha value is -1.77. The fraction of sp³-hybridized carbons (Fsp3) is 0.471. The van der Waals surface area contributed by atoms with Crippen LogP contribution in [0.5, 0.6) is 5.75 Å². The molecule has 20 heavy (non-hydrogen) atoms. The molecule has 2 atom stereocenters. The van der Waals surface area contributed by atoms with Crippen molar-refractivity contribution in [3.05, 3.63) is 42.0 Å². The van der Waals surface area contributed by atoms with E-state index in [2.05, 4.69) is 19.1 Å². The van der Waals surface area contributed by atoms with Crippen LogP contribution in [0.25, 0.3) is 0 Å². The number of para-hydroxylation sites is 1. The zero-order valence-corrected chi connectivity index (χ0v) is 12.2. The fourth-order valence-corrected chi connectivity index (χ4v) is 2.49. The molecule has 2 unspecified atom stereocenters. The molecular weight excluding hydrogens is 252 g/mol. The Bertz CT molecular complexity index is 479. The summed E-state index contributed by atoms with van der Waals surface area (Å²) in [5, 5.41) is 0. The van der Waals surface area contributed by atoms with E-state index in [0.717, 1.165) is 24.2 Å². The van der Waals surface area contributed by atoms with Crippen molar-refractivity contribution in [3.63, 3.8) is 0 Å². The van der Waals surface area contributed by atoms with Gasteiger partial charge in [-0.25, -0.2) is 0 Å². The summed E-state index contributed by atoms with van der Waals surface area (Å²) in [5.74, 6) is 1.58. The van der Waals surface area contributed by atoms with Gasteiger partial charge in [0.2, 0.25) is 0 Å². The fourth-order valence-electron chi connectivity index (χ4n) is 2.49. The molecule has 2 rings (SSSR count). The van der Waals surface area contributed by atoms with Crippen molar-refractivity contribution >= 4 is 5.97 Å². The molecule has 0 aliphatic heterocycles. The van der Waals surface area contributed by atoms with Crippen LogP contribution in [-0.2, 0) is 16.0 Å². The maximum atomic E-state index is 11.9. The third kappa shape index (κ3) is 3.86. The molecule has 0 radical (unpaired) electrons. The summed E-state index contributed by atoms with van der Waals surface area (Å²) in [6, 6.07) is 7.55. The largest absolute Gasteiger partial charge is 0.496 e. The number of methoxy groups -OCH3 is 1. The molecule has 0 amide bonds. The van der Waals surface area contributed by atoms with Crippen LogP contribution in [0.4, 0.5) is 0 Å². The SMILES string of the molecule is COc1ccccc1CC(=O)OCC1CC=CCC1C. The average molecular weight is 274 g/mol. The predicted octanol–water partition coefficient (Wildman–Crippen LogP) is 3.38. The highest BCUT2D eigenvalue weighted by molar-refractivity contribution is 5.73. The van der Waals surface area contributed by atoms with Gasteiger partial charge in [0.15, 0.2) is 0 Å². The van der Waals surface area contributed by atoms with Crippen LogP contribution in [0.15, 0.2) is 36.4 Å². The van der Waals surface area contributed by atoms with E-state index in [1.54, 1.807) is 7.11 Å². The molecule has 1 aliphatic rings. The molecular formula is C17H22O3. The molecule has 0 aromatic heterocycles. The topological polar surface area (TPSA) is 35.5 Å². The van der Waals surface area contributed by atoms with Crippen LogP contribution < -0.4 is 4.74 Å². The lowest BCUT2D eigenvalue weighted by Crippen LogP contribution is -2.22. The highest BCUT2D eigenvalue weighted by Crippen LogP contribution is 2.25. The summed E-state index contributed by atoms with van der Waals surface area (Å²) in [6.07, 6.45) is 6.73. The molecule has 0 spiro atoms. The number of benzene rings is 1. The standard InChI is InChI=1S/C17H22O3/c1-13-7-3-4-9-15(13)12-20-17(18)11-14-8-5-6-10-16(14)19-2/h3-6,8,10,13,15H,7,9,11-12H2,1-2H3. The Morgan fingerprint density at radius 3 is 2.75 bits per heavy atom. The minimum Gasteiger partial charge on any atom is -0.496 e. The highest BCUT2D eigenvalue weighted by Gasteiger charge is 2.20. The summed E-state index contributed by atoms with van der Waals surface area (Å²) in [6.45, 7) is 2.72. The van der Waals surface area contributed by atoms with Gasteiger partial charge in [-0.15, -0.1) is 0 Å². The third-order valence-corrected chi connectivity index (χ3v) is 3.90. The molecule has 0 N–H and O–H groups in total. The Kier molecular flexibility index (Phi) is 5.22. The quantitative estimate of drug-likeness (QED) is 0.610. The van der Waals surface area contributed by atoms with Gasteiger partial charge >= 0.3 is 5.97 Å². The lowest BCUT2D eigenvalue weighted by molar-refractivity contribution is -0.144. The molecule has 3 heteroatoms. The first-order valence-electron chi connectivity index (χ1n) is 7.13. The van der Waals surface area contributed by atoms with Gasteiger partial charge in [0.1, 0.15) is 5.75 Å². The molecule has 3 nitrogen and oxygen atoms in total. The number of carbonyl (C=O) groups excluding carboxylic acids is 1.